The summed E-state index contributed by atoms with van der Waals surface area (Å²) in [4.78, 5) is 34.6. The van der Waals surface area contributed by atoms with Gasteiger partial charge in [-0.2, -0.15) is 0 Å². The van der Waals surface area contributed by atoms with Gasteiger partial charge >= 0.3 is 0 Å². The number of nitrogen functional groups attached to an aromatic ring is 1. The highest BCUT2D eigenvalue weighted by Crippen LogP contribution is 2.13. The number of carbonyl (C=O) groups is 3. The van der Waals surface area contributed by atoms with E-state index in [2.05, 4.69) is 0 Å². The van der Waals surface area contributed by atoms with E-state index in [1.807, 2.05) is 0 Å². The SMILES string of the molecule is NC(=O)CN(CC(N)=O)C(=O)CCOc1ccc(N)cc1. The summed E-state index contributed by atoms with van der Waals surface area (Å²) in [5, 5.41) is 0. The monoisotopic (exact) mass is 294 g/mol. The number of nitrogens with zero attached hydrogens (tertiary/aromatic N) is 1. The number of nitrogens with two attached hydrogens (primary N) is 3. The third-order valence-electron chi connectivity index (χ3n) is 2.51. The van der Waals surface area contributed by atoms with Crippen LogP contribution in [0.25, 0.3) is 0 Å². The molecule has 1 aromatic carbocycles. The molecule has 114 valence electrons. The van der Waals surface area contributed by atoms with Crippen LogP contribution in [-0.4, -0.2) is 42.3 Å². The molecule has 8 nitrogen and oxygen atoms in total. The van der Waals surface area contributed by atoms with Gasteiger partial charge in [-0.1, -0.05) is 0 Å². The number of rotatable bonds is 8. The predicted octanol–water partition coefficient (Wildman–Crippen LogP) is -1.16. The van der Waals surface area contributed by atoms with Gasteiger partial charge < -0.3 is 26.8 Å². The molecule has 21 heavy (non-hydrogen) atoms. The first-order chi connectivity index (χ1) is 9.88. The van der Waals surface area contributed by atoms with Gasteiger partial charge in [0.05, 0.1) is 26.1 Å². The highest BCUT2D eigenvalue weighted by Gasteiger charge is 2.17. The van der Waals surface area contributed by atoms with Crippen LogP contribution in [0.3, 0.4) is 0 Å². The van der Waals surface area contributed by atoms with Gasteiger partial charge in [0.15, 0.2) is 0 Å². The first-order valence-corrected chi connectivity index (χ1v) is 6.21. The van der Waals surface area contributed by atoms with E-state index in [0.717, 1.165) is 4.90 Å². The number of benzene rings is 1. The van der Waals surface area contributed by atoms with Crippen LogP contribution < -0.4 is 21.9 Å². The lowest BCUT2D eigenvalue weighted by molar-refractivity contribution is -0.138. The van der Waals surface area contributed by atoms with E-state index in [-0.39, 0.29) is 26.1 Å². The topological polar surface area (TPSA) is 142 Å². The number of hydrogen-bond acceptors (Lipinski definition) is 5. The Kier molecular flexibility index (Phi) is 5.99. The van der Waals surface area contributed by atoms with Crippen LogP contribution >= 0.6 is 0 Å². The molecule has 0 aliphatic heterocycles. The average molecular weight is 294 g/mol. The lowest BCUT2D eigenvalue weighted by Crippen LogP contribution is -2.43. The van der Waals surface area contributed by atoms with Crippen molar-refractivity contribution in [3.8, 4) is 5.75 Å². The fourth-order valence-corrected chi connectivity index (χ4v) is 1.59. The largest absolute Gasteiger partial charge is 0.493 e. The van der Waals surface area contributed by atoms with Gasteiger partial charge in [-0.05, 0) is 24.3 Å². The summed E-state index contributed by atoms with van der Waals surface area (Å²) in [6.45, 7) is -0.621. The molecule has 0 radical (unpaired) electrons. The van der Waals surface area contributed by atoms with Gasteiger partial charge in [0, 0.05) is 5.69 Å². The first-order valence-electron chi connectivity index (χ1n) is 6.21. The Hall–Kier alpha value is -2.77. The zero-order valence-electron chi connectivity index (χ0n) is 11.5. The summed E-state index contributed by atoms with van der Waals surface area (Å²) in [5.41, 5.74) is 16.2. The van der Waals surface area contributed by atoms with Crippen LogP contribution in [0.2, 0.25) is 0 Å². The van der Waals surface area contributed by atoms with E-state index < -0.39 is 17.7 Å². The Bertz CT molecular complexity index is 499. The van der Waals surface area contributed by atoms with Crippen molar-refractivity contribution in [2.24, 2.45) is 11.5 Å². The Morgan fingerprint density at radius 3 is 2.00 bits per heavy atom. The summed E-state index contributed by atoms with van der Waals surface area (Å²) in [6.07, 6.45) is -0.00899. The number of ether oxygens (including phenoxy) is 1. The van der Waals surface area contributed by atoms with E-state index in [9.17, 15) is 14.4 Å². The van der Waals surface area contributed by atoms with Crippen LogP contribution in [0.5, 0.6) is 5.75 Å². The van der Waals surface area contributed by atoms with Gasteiger partial charge in [0.1, 0.15) is 5.75 Å². The molecule has 8 heteroatoms. The highest BCUT2D eigenvalue weighted by molar-refractivity contribution is 5.88. The maximum Gasteiger partial charge on any atom is 0.237 e. The van der Waals surface area contributed by atoms with Crippen LogP contribution in [0.15, 0.2) is 24.3 Å². The van der Waals surface area contributed by atoms with Crippen molar-refractivity contribution in [1.29, 1.82) is 0 Å². The second kappa shape index (κ2) is 7.73. The second-order valence-corrected chi connectivity index (χ2v) is 4.35. The molecule has 0 unspecified atom stereocenters. The first kappa shape index (κ1) is 16.3. The summed E-state index contributed by atoms with van der Waals surface area (Å²) >= 11 is 0. The molecule has 0 atom stereocenters. The molecule has 0 saturated carbocycles. The van der Waals surface area contributed by atoms with Crippen molar-refractivity contribution in [1.82, 2.24) is 4.90 Å². The van der Waals surface area contributed by atoms with E-state index >= 15 is 0 Å². The molecule has 0 aliphatic carbocycles. The predicted molar refractivity (Wildman–Crippen MR) is 75.9 cm³/mol. The van der Waals surface area contributed by atoms with Crippen molar-refractivity contribution in [3.05, 3.63) is 24.3 Å². The minimum absolute atomic E-state index is 0.00899. The molecule has 0 aliphatic rings. The van der Waals surface area contributed by atoms with Crippen molar-refractivity contribution >= 4 is 23.4 Å². The summed E-state index contributed by atoms with van der Waals surface area (Å²) in [7, 11) is 0. The molecule has 0 aromatic heterocycles. The van der Waals surface area contributed by atoms with Gasteiger partial charge in [-0.3, -0.25) is 14.4 Å². The van der Waals surface area contributed by atoms with Crippen molar-refractivity contribution in [2.75, 3.05) is 25.4 Å². The summed E-state index contributed by atoms with van der Waals surface area (Å²) in [6, 6.07) is 6.68. The maximum atomic E-state index is 11.9. The molecular formula is C13H18N4O4. The molecule has 0 bridgehead atoms. The van der Waals surface area contributed by atoms with Crippen LogP contribution in [-0.2, 0) is 14.4 Å². The Labute approximate surface area is 121 Å². The van der Waals surface area contributed by atoms with Gasteiger partial charge in [0.2, 0.25) is 17.7 Å². The minimum atomic E-state index is -0.718. The van der Waals surface area contributed by atoms with E-state index in [1.165, 1.54) is 0 Å². The van der Waals surface area contributed by atoms with E-state index in [1.54, 1.807) is 24.3 Å². The molecular weight excluding hydrogens is 276 g/mol. The summed E-state index contributed by atoms with van der Waals surface area (Å²) in [5.74, 6) is -1.32. The summed E-state index contributed by atoms with van der Waals surface area (Å²) < 4.78 is 5.36. The van der Waals surface area contributed by atoms with Gasteiger partial charge in [-0.15, -0.1) is 0 Å². The van der Waals surface area contributed by atoms with Gasteiger partial charge in [-0.25, -0.2) is 0 Å². The number of primary amides is 2. The van der Waals surface area contributed by atoms with Crippen molar-refractivity contribution in [2.45, 2.75) is 6.42 Å². The number of hydrogen-bond donors (Lipinski definition) is 3. The van der Waals surface area contributed by atoms with E-state index in [4.69, 9.17) is 21.9 Å². The van der Waals surface area contributed by atoms with Crippen molar-refractivity contribution in [3.63, 3.8) is 0 Å². The van der Waals surface area contributed by atoms with Crippen molar-refractivity contribution < 1.29 is 19.1 Å². The molecule has 3 amide bonds. The number of amides is 3. The molecule has 0 heterocycles. The van der Waals surface area contributed by atoms with Crippen LogP contribution in [0, 0.1) is 0 Å². The third kappa shape index (κ3) is 6.28. The lowest BCUT2D eigenvalue weighted by atomic mass is 10.3. The lowest BCUT2D eigenvalue weighted by Gasteiger charge is -2.19. The standard InChI is InChI=1S/C13H18N4O4/c14-9-1-3-10(4-2-9)21-6-5-13(20)17(7-11(15)18)8-12(16)19/h1-4H,5-8,14H2,(H2,15,18)(H2,16,19). The maximum absolute atomic E-state index is 11.9. The Morgan fingerprint density at radius 1 is 1.00 bits per heavy atom. The highest BCUT2D eigenvalue weighted by atomic mass is 16.5. The number of anilines is 1. The molecule has 0 fully saturated rings. The quantitative estimate of drug-likeness (QED) is 0.518. The smallest absolute Gasteiger partial charge is 0.237 e. The normalized spacial score (nSPS) is 9.90. The molecule has 0 spiro atoms. The fraction of sp³-hybridized carbons (Fsp3) is 0.308. The average Bonchev–Trinajstić information content (AvgIpc) is 2.39. The Morgan fingerprint density at radius 2 is 1.52 bits per heavy atom. The zero-order valence-corrected chi connectivity index (χ0v) is 11.5. The second-order valence-electron chi connectivity index (χ2n) is 4.35. The van der Waals surface area contributed by atoms with Crippen LogP contribution in [0.1, 0.15) is 6.42 Å². The molecule has 1 aromatic rings. The molecule has 1 rings (SSSR count). The Balaban J connectivity index is 2.47. The number of carbonyl (C=O) groups excluding carboxylic acids is 3. The zero-order chi connectivity index (χ0) is 15.8. The van der Waals surface area contributed by atoms with Crippen LogP contribution in [0.4, 0.5) is 5.69 Å². The van der Waals surface area contributed by atoms with Gasteiger partial charge in [0.25, 0.3) is 0 Å². The molecule has 6 N–H and O–H groups in total. The van der Waals surface area contributed by atoms with E-state index in [0.29, 0.717) is 11.4 Å². The third-order valence-corrected chi connectivity index (χ3v) is 2.51. The minimum Gasteiger partial charge on any atom is -0.493 e. The molecule has 0 saturated heterocycles. The fourth-order valence-electron chi connectivity index (χ4n) is 1.59.